The molecule has 6 nitrogen and oxygen atoms in total. The van der Waals surface area contributed by atoms with E-state index in [2.05, 4.69) is 45.0 Å². The Balaban J connectivity index is 1.58. The van der Waals surface area contributed by atoms with Crippen molar-refractivity contribution in [2.75, 3.05) is 24.7 Å². The molecule has 2 fully saturated rings. The lowest BCUT2D eigenvalue weighted by molar-refractivity contribution is 0.150. The van der Waals surface area contributed by atoms with Crippen LogP contribution in [0.3, 0.4) is 0 Å². The van der Waals surface area contributed by atoms with E-state index in [-0.39, 0.29) is 22.6 Å². The van der Waals surface area contributed by atoms with E-state index in [1.54, 1.807) is 11.9 Å². The molecule has 1 saturated heterocycles. The minimum absolute atomic E-state index is 0.145. The highest BCUT2D eigenvalue weighted by molar-refractivity contribution is 7.97. The minimum atomic E-state index is -2.64. The number of fused-ring (bicyclic) bond motifs is 1. The first kappa shape index (κ1) is 22.0. The van der Waals surface area contributed by atoms with Crippen LogP contribution in [-0.2, 0) is 0 Å². The number of hydrogen-bond acceptors (Lipinski definition) is 7. The van der Waals surface area contributed by atoms with Crippen LogP contribution in [0, 0.1) is 0 Å². The Bertz CT molecular complexity index is 1110. The van der Waals surface area contributed by atoms with E-state index in [0.29, 0.717) is 18.1 Å². The van der Waals surface area contributed by atoms with Crippen LogP contribution in [0.5, 0.6) is 0 Å². The maximum Gasteiger partial charge on any atom is 0.291 e. The predicted molar refractivity (Wildman–Crippen MR) is 122 cm³/mol. The van der Waals surface area contributed by atoms with Crippen molar-refractivity contribution < 1.29 is 13.2 Å². The first-order valence-corrected chi connectivity index (χ1v) is 12.3. The third-order valence-electron chi connectivity index (χ3n) is 6.12. The van der Waals surface area contributed by atoms with Gasteiger partial charge in [0.25, 0.3) is 6.43 Å². The van der Waals surface area contributed by atoms with Crippen LogP contribution in [0.15, 0.2) is 29.3 Å². The fraction of sp³-hybridized carbons (Fsp3) is 0.524. The number of nitrogens with one attached hydrogen (secondary N) is 2. The van der Waals surface area contributed by atoms with Gasteiger partial charge in [-0.05, 0) is 56.8 Å². The van der Waals surface area contributed by atoms with Crippen molar-refractivity contribution in [1.29, 1.82) is 0 Å². The molecule has 1 aliphatic carbocycles. The number of rotatable bonds is 7. The monoisotopic (exact) mass is 482 g/mol. The quantitative estimate of drug-likeness (QED) is 0.477. The first-order chi connectivity index (χ1) is 15.4. The molecule has 0 aromatic carbocycles. The Hall–Kier alpha value is -1.82. The molecule has 4 heterocycles. The summed E-state index contributed by atoms with van der Waals surface area (Å²) < 4.78 is 45.1. The Morgan fingerprint density at radius 1 is 1.34 bits per heavy atom. The number of anilines is 1. The maximum atomic E-state index is 13.5. The third kappa shape index (κ3) is 4.23. The summed E-state index contributed by atoms with van der Waals surface area (Å²) in [5.41, 5.74) is 2.79. The molecule has 1 saturated carbocycles. The Morgan fingerprint density at radius 2 is 2.16 bits per heavy atom. The van der Waals surface area contributed by atoms with Gasteiger partial charge in [0, 0.05) is 35.8 Å². The van der Waals surface area contributed by atoms with Gasteiger partial charge in [0.1, 0.15) is 6.67 Å². The second-order valence-electron chi connectivity index (χ2n) is 8.81. The summed E-state index contributed by atoms with van der Waals surface area (Å²) in [6.07, 6.45) is 1.63. The van der Waals surface area contributed by atoms with Crippen LogP contribution in [-0.4, -0.2) is 52.0 Å². The number of piperazine rings is 1. The first-order valence-electron chi connectivity index (χ1n) is 10.6. The Morgan fingerprint density at radius 3 is 2.84 bits per heavy atom. The smallest absolute Gasteiger partial charge is 0.291 e. The summed E-state index contributed by atoms with van der Waals surface area (Å²) in [6.45, 7) is 5.13. The van der Waals surface area contributed by atoms with Crippen molar-refractivity contribution in [2.45, 2.75) is 55.6 Å². The van der Waals surface area contributed by atoms with Crippen molar-refractivity contribution in [3.05, 3.63) is 29.4 Å². The van der Waals surface area contributed by atoms with E-state index in [4.69, 9.17) is 0 Å². The fourth-order valence-corrected chi connectivity index (χ4v) is 5.51. The number of hydrogen-bond donors (Lipinski definition) is 2. The number of alkyl halides is 3. The van der Waals surface area contributed by atoms with E-state index in [1.165, 1.54) is 0 Å². The van der Waals surface area contributed by atoms with Gasteiger partial charge in [-0.1, -0.05) is 11.3 Å². The average Bonchev–Trinajstić information content (AvgIpc) is 3.17. The van der Waals surface area contributed by atoms with Crippen molar-refractivity contribution in [3.63, 3.8) is 0 Å². The molecule has 0 radical (unpaired) electrons. The molecule has 3 aromatic heterocycles. The number of aromatic nitrogens is 3. The Kier molecular flexibility index (Phi) is 5.85. The summed E-state index contributed by atoms with van der Waals surface area (Å²) in [7, 11) is 0. The van der Waals surface area contributed by atoms with E-state index in [1.807, 2.05) is 22.7 Å². The van der Waals surface area contributed by atoms with Crippen LogP contribution in [0.25, 0.3) is 16.2 Å². The minimum Gasteiger partial charge on any atom is -0.364 e. The lowest BCUT2D eigenvalue weighted by Crippen LogP contribution is -2.56. The van der Waals surface area contributed by atoms with E-state index < -0.39 is 13.1 Å². The van der Waals surface area contributed by atoms with E-state index in [0.717, 1.165) is 46.0 Å². The maximum absolute atomic E-state index is 13.5. The summed E-state index contributed by atoms with van der Waals surface area (Å²) in [6, 6.07) is 5.94. The highest BCUT2D eigenvalue weighted by atomic mass is 32.2. The van der Waals surface area contributed by atoms with Gasteiger partial charge in [0.05, 0.1) is 22.9 Å². The molecule has 0 bridgehead atoms. The van der Waals surface area contributed by atoms with Gasteiger partial charge >= 0.3 is 0 Å². The molecule has 2 aliphatic rings. The summed E-state index contributed by atoms with van der Waals surface area (Å²) in [4.78, 5) is 3.23. The van der Waals surface area contributed by atoms with Crippen LogP contribution in [0.1, 0.15) is 38.1 Å². The van der Waals surface area contributed by atoms with Crippen molar-refractivity contribution >= 4 is 34.5 Å². The molecule has 0 amide bonds. The van der Waals surface area contributed by atoms with Gasteiger partial charge < -0.3 is 14.6 Å². The van der Waals surface area contributed by atoms with Crippen molar-refractivity contribution in [3.8, 4) is 10.7 Å². The lowest BCUT2D eigenvalue weighted by Gasteiger charge is -2.40. The highest BCUT2D eigenvalue weighted by Crippen LogP contribution is 2.40. The van der Waals surface area contributed by atoms with Gasteiger partial charge in [0.2, 0.25) is 0 Å². The second kappa shape index (κ2) is 8.51. The molecule has 2 atom stereocenters. The highest BCUT2D eigenvalue weighted by Gasteiger charge is 2.37. The van der Waals surface area contributed by atoms with E-state index in [9.17, 15) is 13.2 Å². The zero-order valence-electron chi connectivity index (χ0n) is 17.8. The molecule has 11 heteroatoms. The van der Waals surface area contributed by atoms with E-state index >= 15 is 0 Å². The van der Waals surface area contributed by atoms with Gasteiger partial charge in [-0.3, -0.25) is 4.72 Å². The van der Waals surface area contributed by atoms with Gasteiger partial charge in [-0.2, -0.15) is 0 Å². The summed E-state index contributed by atoms with van der Waals surface area (Å²) >= 11 is 2.47. The number of nitrogens with zero attached hydrogens (tertiary/aromatic N) is 4. The third-order valence-corrected chi connectivity index (χ3v) is 8.13. The number of halogens is 3. The van der Waals surface area contributed by atoms with Gasteiger partial charge in [0.15, 0.2) is 10.0 Å². The molecule has 2 N–H and O–H groups in total. The normalized spacial score (nSPS) is 22.8. The molecule has 172 valence electrons. The zero-order valence-corrected chi connectivity index (χ0v) is 19.4. The Labute approximate surface area is 192 Å². The van der Waals surface area contributed by atoms with Crippen LogP contribution < -0.4 is 14.9 Å². The summed E-state index contributed by atoms with van der Waals surface area (Å²) in [5, 5.41) is 11.1. The molecule has 3 aromatic rings. The molecular weight excluding hydrogens is 457 g/mol. The van der Waals surface area contributed by atoms with Crippen molar-refractivity contribution in [2.24, 2.45) is 0 Å². The fourth-order valence-electron chi connectivity index (χ4n) is 3.90. The predicted octanol–water partition coefficient (Wildman–Crippen LogP) is 4.68. The zero-order chi connectivity index (χ0) is 22.5. The van der Waals surface area contributed by atoms with Crippen LogP contribution in [0.4, 0.5) is 18.9 Å². The lowest BCUT2D eigenvalue weighted by atomic mass is 10.1. The van der Waals surface area contributed by atoms with Crippen LogP contribution >= 0.6 is 23.3 Å². The van der Waals surface area contributed by atoms with Gasteiger partial charge in [-0.25, -0.2) is 13.2 Å². The van der Waals surface area contributed by atoms with Crippen molar-refractivity contribution in [1.82, 2.24) is 24.6 Å². The molecule has 32 heavy (non-hydrogen) atoms. The molecule has 1 aliphatic heterocycles. The molecule has 5 rings (SSSR count). The topological polar surface area (TPSA) is 57.5 Å². The molecule has 0 spiro atoms. The summed E-state index contributed by atoms with van der Waals surface area (Å²) in [5.74, 6) is 0. The van der Waals surface area contributed by atoms with Gasteiger partial charge in [-0.15, -0.1) is 10.2 Å². The average molecular weight is 483 g/mol. The van der Waals surface area contributed by atoms with Crippen LogP contribution in [0.2, 0.25) is 0 Å². The second-order valence-corrected chi connectivity index (χ2v) is 10.7. The molecule has 0 unspecified atom stereocenters. The number of pyridine rings is 1. The SMILES string of the molecule is C[C@H]1CN[C@@H](CF)CN1c1cc(SNC2(C)CC2)cn2c(-c3nnc(C(F)F)s3)ccc12. The molecular formula is C21H25F3N6S2. The largest absolute Gasteiger partial charge is 0.364 e. The standard InChI is InChI=1S/C21H25F3N6S2/c1-12-9-25-13(8-22)10-29(12)17-7-14(32-28-21(2)5-6-21)11-30-15(17)3-4-16(30)19-26-27-20(31-19)18(23)24/h3-4,7,11-13,18,25,28H,5-6,8-10H2,1-2H3/t12-,13-/m0/s1.